The Hall–Kier alpha value is -2.64. The largest absolute Gasteiger partial charge is 0.494 e. The van der Waals surface area contributed by atoms with Gasteiger partial charge in [-0.3, -0.25) is 0 Å². The van der Waals surface area contributed by atoms with Crippen molar-refractivity contribution in [2.75, 3.05) is 32.2 Å². The molecule has 1 heterocycles. The van der Waals surface area contributed by atoms with E-state index in [0.717, 1.165) is 12.1 Å². The zero-order valence-corrected chi connectivity index (χ0v) is 15.6. The highest BCUT2D eigenvalue weighted by Gasteiger charge is 2.24. The molecule has 0 atom stereocenters. The lowest BCUT2D eigenvalue weighted by molar-refractivity contribution is 0.0517. The smallest absolute Gasteiger partial charge is 0.359 e. The lowest BCUT2D eigenvalue weighted by Gasteiger charge is -2.17. The van der Waals surface area contributed by atoms with Crippen molar-refractivity contribution in [2.45, 2.75) is 27.3 Å². The molecule has 0 aliphatic rings. The first-order valence-electron chi connectivity index (χ1n) is 8.32. The first kappa shape index (κ1) is 19.7. The summed E-state index contributed by atoms with van der Waals surface area (Å²) in [5, 5.41) is 4.22. The van der Waals surface area contributed by atoms with Crippen LogP contribution in [0.3, 0.4) is 0 Å². The fourth-order valence-corrected chi connectivity index (χ4v) is 2.74. The van der Waals surface area contributed by atoms with Crippen LogP contribution in [-0.4, -0.2) is 43.1 Å². The number of anilines is 1. The van der Waals surface area contributed by atoms with Gasteiger partial charge in [0.2, 0.25) is 0 Å². The Morgan fingerprint density at radius 3 is 2.31 bits per heavy atom. The number of hydrogen-bond acceptors (Lipinski definition) is 5. The molecule has 0 N–H and O–H groups in total. The molecule has 2 rings (SSSR count). The van der Waals surface area contributed by atoms with Crippen LogP contribution in [0, 0.1) is 18.6 Å². The summed E-state index contributed by atoms with van der Waals surface area (Å²) < 4.78 is 40.3. The molecule has 0 aliphatic carbocycles. The normalized spacial score (nSPS) is 10.7. The van der Waals surface area contributed by atoms with Crippen LogP contribution >= 0.6 is 0 Å². The van der Waals surface area contributed by atoms with E-state index in [1.165, 1.54) is 4.68 Å². The van der Waals surface area contributed by atoms with E-state index in [0.29, 0.717) is 18.0 Å². The van der Waals surface area contributed by atoms with E-state index in [9.17, 15) is 13.6 Å². The van der Waals surface area contributed by atoms with Gasteiger partial charge in [0.1, 0.15) is 23.2 Å². The third kappa shape index (κ3) is 3.95. The molecule has 0 spiro atoms. The predicted octanol–water partition coefficient (Wildman–Crippen LogP) is 3.16. The van der Waals surface area contributed by atoms with Crippen LogP contribution < -0.4 is 9.64 Å². The van der Waals surface area contributed by atoms with E-state index in [4.69, 9.17) is 9.47 Å². The number of esters is 1. The molecule has 0 bridgehead atoms. The number of benzene rings is 1. The molecular formula is C18H23F2N3O3. The molecule has 0 aliphatic heterocycles. The lowest BCUT2D eigenvalue weighted by Crippen LogP contribution is -2.17. The molecule has 0 unspecified atom stereocenters. The number of aromatic nitrogens is 2. The van der Waals surface area contributed by atoms with Crippen molar-refractivity contribution >= 4 is 11.8 Å². The Morgan fingerprint density at radius 1 is 1.19 bits per heavy atom. The van der Waals surface area contributed by atoms with Gasteiger partial charge in [-0.1, -0.05) is 0 Å². The summed E-state index contributed by atoms with van der Waals surface area (Å²) in [6, 6.07) is 2.28. The maximum Gasteiger partial charge on any atom is 0.359 e. The van der Waals surface area contributed by atoms with Crippen LogP contribution in [0.5, 0.6) is 5.75 Å². The number of carbonyl (C=O) groups is 1. The quantitative estimate of drug-likeness (QED) is 0.704. The predicted molar refractivity (Wildman–Crippen MR) is 93.9 cm³/mol. The molecule has 0 radical (unpaired) electrons. The number of halogens is 2. The fourth-order valence-electron chi connectivity index (χ4n) is 2.74. The minimum absolute atomic E-state index is 0.127. The second kappa shape index (κ2) is 8.16. The van der Waals surface area contributed by atoms with Crippen molar-refractivity contribution in [3.8, 4) is 5.75 Å². The summed E-state index contributed by atoms with van der Waals surface area (Å²) in [7, 11) is 3.53. The number of nitrogens with zero attached hydrogens (tertiary/aromatic N) is 3. The Morgan fingerprint density at radius 2 is 1.81 bits per heavy atom. The van der Waals surface area contributed by atoms with Crippen molar-refractivity contribution in [3.05, 3.63) is 40.6 Å². The van der Waals surface area contributed by atoms with Crippen LogP contribution in [0.2, 0.25) is 0 Å². The van der Waals surface area contributed by atoms with Gasteiger partial charge in [0, 0.05) is 37.4 Å². The van der Waals surface area contributed by atoms with Crippen LogP contribution in [0.4, 0.5) is 14.6 Å². The first-order valence-corrected chi connectivity index (χ1v) is 8.32. The van der Waals surface area contributed by atoms with E-state index in [1.807, 2.05) is 0 Å². The van der Waals surface area contributed by atoms with E-state index in [-0.39, 0.29) is 30.2 Å². The van der Waals surface area contributed by atoms with E-state index in [2.05, 4.69) is 5.10 Å². The molecule has 142 valence electrons. The Kier molecular flexibility index (Phi) is 6.18. The lowest BCUT2D eigenvalue weighted by atomic mass is 10.2. The van der Waals surface area contributed by atoms with Gasteiger partial charge in [0.05, 0.1) is 19.8 Å². The molecule has 26 heavy (non-hydrogen) atoms. The Balaban J connectivity index is 2.46. The van der Waals surface area contributed by atoms with Crippen LogP contribution in [-0.2, 0) is 11.3 Å². The van der Waals surface area contributed by atoms with Gasteiger partial charge < -0.3 is 14.4 Å². The van der Waals surface area contributed by atoms with Crippen LogP contribution in [0.15, 0.2) is 12.1 Å². The third-order valence-electron chi connectivity index (χ3n) is 3.78. The number of carbonyl (C=O) groups excluding carboxylic acids is 1. The SMILES string of the molecule is CCOC(=O)c1nn(Cc2c(F)cc(OCC)cc2F)c(N(C)C)c1C. The molecule has 2 aromatic rings. The first-order chi connectivity index (χ1) is 12.3. The van der Waals surface area contributed by atoms with Gasteiger partial charge in [0.25, 0.3) is 0 Å². The summed E-state index contributed by atoms with van der Waals surface area (Å²) in [5.41, 5.74) is 0.553. The maximum atomic E-state index is 14.4. The van der Waals surface area contributed by atoms with Crippen molar-refractivity contribution in [3.63, 3.8) is 0 Å². The average Bonchev–Trinajstić information content (AvgIpc) is 2.88. The minimum atomic E-state index is -0.732. The zero-order chi connectivity index (χ0) is 19.4. The summed E-state index contributed by atoms with van der Waals surface area (Å²) in [6.45, 7) is 5.50. The fraction of sp³-hybridized carbons (Fsp3) is 0.444. The molecule has 0 amide bonds. The number of ether oxygens (including phenoxy) is 2. The summed E-state index contributed by atoms with van der Waals surface area (Å²) in [5.74, 6) is -1.34. The van der Waals surface area contributed by atoms with Gasteiger partial charge in [-0.05, 0) is 20.8 Å². The summed E-state index contributed by atoms with van der Waals surface area (Å²) in [4.78, 5) is 13.8. The highest BCUT2D eigenvalue weighted by Crippen LogP contribution is 2.26. The molecule has 8 heteroatoms. The van der Waals surface area contributed by atoms with E-state index in [1.54, 1.807) is 39.8 Å². The van der Waals surface area contributed by atoms with Crippen molar-refractivity contribution < 1.29 is 23.0 Å². The monoisotopic (exact) mass is 367 g/mol. The van der Waals surface area contributed by atoms with Gasteiger partial charge >= 0.3 is 5.97 Å². The zero-order valence-electron chi connectivity index (χ0n) is 15.6. The second-order valence-corrected chi connectivity index (χ2v) is 5.87. The minimum Gasteiger partial charge on any atom is -0.494 e. The third-order valence-corrected chi connectivity index (χ3v) is 3.78. The van der Waals surface area contributed by atoms with Crippen LogP contribution in [0.25, 0.3) is 0 Å². The summed E-state index contributed by atoms with van der Waals surface area (Å²) >= 11 is 0. The van der Waals surface area contributed by atoms with Crippen molar-refractivity contribution in [1.29, 1.82) is 0 Å². The maximum absolute atomic E-state index is 14.4. The molecule has 1 aromatic heterocycles. The van der Waals surface area contributed by atoms with Gasteiger partial charge in [-0.2, -0.15) is 5.10 Å². The van der Waals surface area contributed by atoms with Gasteiger partial charge in [-0.25, -0.2) is 18.3 Å². The van der Waals surface area contributed by atoms with Crippen molar-refractivity contribution in [2.24, 2.45) is 0 Å². The summed E-state index contributed by atoms with van der Waals surface area (Å²) in [6.07, 6.45) is 0. The number of rotatable bonds is 7. The molecule has 1 aromatic carbocycles. The van der Waals surface area contributed by atoms with Gasteiger partial charge in [-0.15, -0.1) is 0 Å². The molecule has 0 fully saturated rings. The molecule has 0 saturated heterocycles. The molecule has 6 nitrogen and oxygen atoms in total. The topological polar surface area (TPSA) is 56.6 Å². The highest BCUT2D eigenvalue weighted by atomic mass is 19.1. The molecular weight excluding hydrogens is 344 g/mol. The van der Waals surface area contributed by atoms with Gasteiger partial charge in [0.15, 0.2) is 5.69 Å². The van der Waals surface area contributed by atoms with Crippen LogP contribution in [0.1, 0.15) is 35.5 Å². The number of hydrogen-bond donors (Lipinski definition) is 0. The van der Waals surface area contributed by atoms with E-state index >= 15 is 0 Å². The van der Waals surface area contributed by atoms with Crippen molar-refractivity contribution in [1.82, 2.24) is 9.78 Å². The Bertz CT molecular complexity index is 780. The molecule has 0 saturated carbocycles. The average molecular weight is 367 g/mol. The second-order valence-electron chi connectivity index (χ2n) is 5.87. The Labute approximate surface area is 151 Å². The standard InChI is InChI=1S/C18H23F2N3O3/c1-6-25-12-8-14(19)13(15(20)9-12)10-23-17(22(4)5)11(3)16(21-23)18(24)26-7-2/h8-9H,6-7,10H2,1-5H3. The van der Waals surface area contributed by atoms with E-state index < -0.39 is 17.6 Å². The highest BCUT2D eigenvalue weighted by molar-refractivity contribution is 5.90.